The molecule has 2 heterocycles. The second-order valence-electron chi connectivity index (χ2n) is 7.66. The van der Waals surface area contributed by atoms with Crippen LogP contribution in [0.3, 0.4) is 0 Å². The van der Waals surface area contributed by atoms with Crippen LogP contribution in [0.15, 0.2) is 54.7 Å². The van der Waals surface area contributed by atoms with E-state index in [0.717, 1.165) is 42.5 Å². The Balaban J connectivity index is 1.27. The molecule has 1 saturated heterocycles. The summed E-state index contributed by atoms with van der Waals surface area (Å²) < 4.78 is 0. The minimum atomic E-state index is -0.126. The van der Waals surface area contributed by atoms with Crippen LogP contribution in [-0.2, 0) is 11.4 Å². The van der Waals surface area contributed by atoms with Crippen molar-refractivity contribution in [2.24, 2.45) is 0 Å². The van der Waals surface area contributed by atoms with E-state index in [1.54, 1.807) is 24.4 Å². The number of aliphatic hydroxyl groups excluding tert-OH is 1. The molecule has 0 atom stereocenters. The number of hydrogen-bond donors (Lipinski definition) is 4. The quantitative estimate of drug-likeness (QED) is 0.470. The van der Waals surface area contributed by atoms with Crippen molar-refractivity contribution in [1.29, 1.82) is 0 Å². The zero-order valence-electron chi connectivity index (χ0n) is 16.7. The average molecular weight is 406 g/mol. The molecule has 0 spiro atoms. The van der Waals surface area contributed by atoms with E-state index in [0.29, 0.717) is 17.8 Å². The minimum absolute atomic E-state index is 0.0420. The Kier molecular flexibility index (Phi) is 6.11. The molecule has 7 heteroatoms. The number of fused-ring (bicyclic) bond motifs is 1. The summed E-state index contributed by atoms with van der Waals surface area (Å²) in [4.78, 5) is 19.0. The van der Waals surface area contributed by atoms with E-state index < -0.39 is 0 Å². The number of hydrogen-bond acceptors (Lipinski definition) is 6. The molecular weight excluding hydrogens is 380 g/mol. The summed E-state index contributed by atoms with van der Waals surface area (Å²) in [6.07, 6.45) is 3.49. The average Bonchev–Trinajstić information content (AvgIpc) is 2.76. The number of para-hydroxylation sites is 1. The van der Waals surface area contributed by atoms with Crippen molar-refractivity contribution in [1.82, 2.24) is 9.88 Å². The SMILES string of the molecule is O=C(CN1CCC(Nc2ccc(O)cc2CO)CC1)Nc1cnc2ccccc2c1. The first-order valence-corrected chi connectivity index (χ1v) is 10.2. The lowest BCUT2D eigenvalue weighted by Gasteiger charge is -2.32. The zero-order chi connectivity index (χ0) is 20.9. The number of aromatic hydroxyl groups is 1. The van der Waals surface area contributed by atoms with Crippen LogP contribution in [0.5, 0.6) is 5.75 Å². The summed E-state index contributed by atoms with van der Waals surface area (Å²) in [5.74, 6) is 0.103. The van der Waals surface area contributed by atoms with Crippen molar-refractivity contribution in [3.05, 3.63) is 60.3 Å². The first kappa shape index (κ1) is 20.1. The van der Waals surface area contributed by atoms with Crippen LogP contribution in [0.2, 0.25) is 0 Å². The number of pyridine rings is 1. The molecule has 0 radical (unpaired) electrons. The van der Waals surface area contributed by atoms with Gasteiger partial charge in [0.2, 0.25) is 5.91 Å². The van der Waals surface area contributed by atoms with Gasteiger partial charge in [-0.15, -0.1) is 0 Å². The van der Waals surface area contributed by atoms with Gasteiger partial charge in [-0.25, -0.2) is 0 Å². The van der Waals surface area contributed by atoms with Crippen molar-refractivity contribution in [2.75, 3.05) is 30.3 Å². The number of anilines is 2. The zero-order valence-corrected chi connectivity index (χ0v) is 16.7. The Morgan fingerprint density at radius 2 is 1.93 bits per heavy atom. The van der Waals surface area contributed by atoms with E-state index in [2.05, 4.69) is 20.5 Å². The number of aliphatic hydroxyl groups is 1. The third kappa shape index (κ3) is 4.87. The Labute approximate surface area is 175 Å². The van der Waals surface area contributed by atoms with Crippen molar-refractivity contribution in [2.45, 2.75) is 25.5 Å². The number of rotatable bonds is 6. The van der Waals surface area contributed by atoms with Crippen LogP contribution in [0.4, 0.5) is 11.4 Å². The first-order chi connectivity index (χ1) is 14.6. The highest BCUT2D eigenvalue weighted by Crippen LogP contribution is 2.24. The molecule has 0 aliphatic carbocycles. The molecule has 2 aromatic carbocycles. The topological polar surface area (TPSA) is 97.7 Å². The lowest BCUT2D eigenvalue weighted by Crippen LogP contribution is -2.42. The Morgan fingerprint density at radius 1 is 1.13 bits per heavy atom. The van der Waals surface area contributed by atoms with Gasteiger partial charge in [-0.2, -0.15) is 0 Å². The van der Waals surface area contributed by atoms with Crippen molar-refractivity contribution in [3.63, 3.8) is 0 Å². The fourth-order valence-electron chi connectivity index (χ4n) is 3.85. The molecule has 4 rings (SSSR count). The third-order valence-corrected chi connectivity index (χ3v) is 5.45. The van der Waals surface area contributed by atoms with Gasteiger partial charge in [-0.3, -0.25) is 14.7 Å². The molecule has 1 aliphatic heterocycles. The molecule has 30 heavy (non-hydrogen) atoms. The second-order valence-corrected chi connectivity index (χ2v) is 7.66. The predicted octanol–water partition coefficient (Wildman–Crippen LogP) is 2.95. The molecule has 0 saturated carbocycles. The van der Waals surface area contributed by atoms with Crippen LogP contribution < -0.4 is 10.6 Å². The van der Waals surface area contributed by atoms with Crippen LogP contribution in [-0.4, -0.2) is 51.7 Å². The number of benzene rings is 2. The molecule has 3 aromatic rings. The molecule has 1 amide bonds. The van der Waals surface area contributed by atoms with E-state index >= 15 is 0 Å². The second kappa shape index (κ2) is 9.11. The fraction of sp³-hybridized carbons (Fsp3) is 0.304. The van der Waals surface area contributed by atoms with Crippen molar-refractivity contribution >= 4 is 28.2 Å². The number of amides is 1. The number of nitrogens with one attached hydrogen (secondary N) is 2. The number of likely N-dealkylation sites (tertiary alicyclic amines) is 1. The third-order valence-electron chi connectivity index (χ3n) is 5.45. The number of carbonyl (C=O) groups is 1. The Morgan fingerprint density at radius 3 is 2.73 bits per heavy atom. The maximum atomic E-state index is 12.5. The number of phenolic OH excluding ortho intramolecular Hbond substituents is 1. The molecule has 156 valence electrons. The molecule has 1 aliphatic rings. The van der Waals surface area contributed by atoms with E-state index in [9.17, 15) is 15.0 Å². The van der Waals surface area contributed by atoms with Gasteiger partial charge in [0.15, 0.2) is 0 Å². The molecule has 1 fully saturated rings. The predicted molar refractivity (Wildman–Crippen MR) is 117 cm³/mol. The van der Waals surface area contributed by atoms with Gasteiger partial charge < -0.3 is 20.8 Å². The van der Waals surface area contributed by atoms with E-state index in [-0.39, 0.29) is 24.3 Å². The minimum Gasteiger partial charge on any atom is -0.508 e. The van der Waals surface area contributed by atoms with E-state index in [1.165, 1.54) is 0 Å². The maximum Gasteiger partial charge on any atom is 0.238 e. The molecule has 0 bridgehead atoms. The number of piperidine rings is 1. The largest absolute Gasteiger partial charge is 0.508 e. The maximum absolute atomic E-state index is 12.5. The molecule has 0 unspecified atom stereocenters. The van der Waals surface area contributed by atoms with Crippen LogP contribution in [0.1, 0.15) is 18.4 Å². The molecule has 7 nitrogen and oxygen atoms in total. The van der Waals surface area contributed by atoms with Crippen LogP contribution in [0.25, 0.3) is 10.9 Å². The highest BCUT2D eigenvalue weighted by Gasteiger charge is 2.21. The van der Waals surface area contributed by atoms with Gasteiger partial charge >= 0.3 is 0 Å². The van der Waals surface area contributed by atoms with Crippen LogP contribution >= 0.6 is 0 Å². The normalized spacial score (nSPS) is 15.2. The van der Waals surface area contributed by atoms with Gasteiger partial charge in [0.25, 0.3) is 0 Å². The number of carbonyl (C=O) groups excluding carboxylic acids is 1. The smallest absolute Gasteiger partial charge is 0.238 e. The monoisotopic (exact) mass is 406 g/mol. The number of phenols is 1. The standard InChI is InChI=1S/C23H26N4O3/c28-15-17-12-20(29)5-6-22(17)25-18-7-9-27(10-8-18)14-23(30)26-19-11-16-3-1-2-4-21(16)24-13-19/h1-6,11-13,18,25,28-29H,7-10,14-15H2,(H,26,30). The molecule has 1 aromatic heterocycles. The highest BCUT2D eigenvalue weighted by molar-refractivity contribution is 5.94. The van der Waals surface area contributed by atoms with Crippen LogP contribution in [0, 0.1) is 0 Å². The fourth-order valence-corrected chi connectivity index (χ4v) is 3.85. The Hall–Kier alpha value is -3.16. The van der Waals surface area contributed by atoms with Crippen molar-refractivity contribution < 1.29 is 15.0 Å². The van der Waals surface area contributed by atoms with Gasteiger partial charge in [-0.1, -0.05) is 18.2 Å². The summed E-state index contributed by atoms with van der Waals surface area (Å²) in [6.45, 7) is 1.85. The molecular formula is C23H26N4O3. The van der Waals surface area contributed by atoms with E-state index in [1.807, 2.05) is 30.3 Å². The lowest BCUT2D eigenvalue weighted by molar-refractivity contribution is -0.117. The van der Waals surface area contributed by atoms with Gasteiger partial charge in [-0.05, 0) is 43.2 Å². The van der Waals surface area contributed by atoms with E-state index in [4.69, 9.17) is 0 Å². The Bertz CT molecular complexity index is 1030. The highest BCUT2D eigenvalue weighted by atomic mass is 16.3. The number of nitrogens with zero attached hydrogens (tertiary/aromatic N) is 2. The summed E-state index contributed by atoms with van der Waals surface area (Å²) in [7, 11) is 0. The summed E-state index contributed by atoms with van der Waals surface area (Å²) in [6, 6.07) is 15.0. The van der Waals surface area contributed by atoms with Crippen molar-refractivity contribution in [3.8, 4) is 5.75 Å². The summed E-state index contributed by atoms with van der Waals surface area (Å²) in [5.41, 5.74) is 3.14. The summed E-state index contributed by atoms with van der Waals surface area (Å²) in [5, 5.41) is 26.4. The van der Waals surface area contributed by atoms with Gasteiger partial charge in [0.05, 0.1) is 30.6 Å². The number of aromatic nitrogens is 1. The van der Waals surface area contributed by atoms with Gasteiger partial charge in [0, 0.05) is 35.8 Å². The first-order valence-electron chi connectivity index (χ1n) is 10.2. The molecule has 4 N–H and O–H groups in total. The lowest BCUT2D eigenvalue weighted by atomic mass is 10.0. The summed E-state index contributed by atoms with van der Waals surface area (Å²) >= 11 is 0. The van der Waals surface area contributed by atoms with Gasteiger partial charge in [0.1, 0.15) is 5.75 Å².